The summed E-state index contributed by atoms with van der Waals surface area (Å²) in [7, 11) is 0. The third-order valence-corrected chi connectivity index (χ3v) is 4.87. The quantitative estimate of drug-likeness (QED) is 0.275. The van der Waals surface area contributed by atoms with Crippen molar-refractivity contribution in [1.29, 1.82) is 0 Å². The molecular formula is C20H15ClN6O4. The van der Waals surface area contributed by atoms with Crippen molar-refractivity contribution in [1.82, 2.24) is 20.4 Å². The first-order valence-corrected chi connectivity index (χ1v) is 9.49. The molecule has 31 heavy (non-hydrogen) atoms. The van der Waals surface area contributed by atoms with Crippen LogP contribution in [0.1, 0.15) is 18.7 Å². The van der Waals surface area contributed by atoms with Crippen LogP contribution in [0.15, 0.2) is 64.1 Å². The molecule has 10 nitrogen and oxygen atoms in total. The highest BCUT2D eigenvalue weighted by Crippen LogP contribution is 2.32. The zero-order valence-corrected chi connectivity index (χ0v) is 16.9. The molecule has 0 radical (unpaired) electrons. The van der Waals surface area contributed by atoms with Gasteiger partial charge in [-0.15, -0.1) is 5.10 Å². The number of non-ortho nitro benzene ring substituents is 1. The second kappa shape index (κ2) is 8.36. The number of halogens is 1. The number of fused-ring (bicyclic) bond motifs is 1. The largest absolute Gasteiger partial charge is 0.455 e. The van der Waals surface area contributed by atoms with Gasteiger partial charge in [0.05, 0.1) is 21.7 Å². The van der Waals surface area contributed by atoms with E-state index in [1.54, 1.807) is 19.1 Å². The molecule has 0 fully saturated rings. The Bertz CT molecular complexity index is 1310. The number of benzene rings is 2. The molecule has 0 bridgehead atoms. The van der Waals surface area contributed by atoms with E-state index in [4.69, 9.17) is 16.0 Å². The maximum Gasteiger partial charge on any atom is 0.270 e. The summed E-state index contributed by atoms with van der Waals surface area (Å²) in [5.74, 6) is 0.279. The van der Waals surface area contributed by atoms with Crippen molar-refractivity contribution in [2.45, 2.75) is 13.0 Å². The highest BCUT2D eigenvalue weighted by molar-refractivity contribution is 6.33. The molecule has 0 saturated carbocycles. The molecule has 2 aromatic heterocycles. The van der Waals surface area contributed by atoms with Crippen molar-refractivity contribution < 1.29 is 14.1 Å². The van der Waals surface area contributed by atoms with E-state index >= 15 is 0 Å². The molecule has 2 aromatic carbocycles. The van der Waals surface area contributed by atoms with Gasteiger partial charge >= 0.3 is 0 Å². The summed E-state index contributed by atoms with van der Waals surface area (Å²) >= 11 is 6.13. The van der Waals surface area contributed by atoms with Gasteiger partial charge in [0.1, 0.15) is 23.1 Å². The molecule has 0 saturated heterocycles. The van der Waals surface area contributed by atoms with Crippen molar-refractivity contribution in [3.63, 3.8) is 0 Å². The molecule has 11 heteroatoms. The number of nitro groups is 1. The summed E-state index contributed by atoms with van der Waals surface area (Å²) in [5.41, 5.74) is 4.14. The third-order valence-electron chi connectivity index (χ3n) is 4.54. The number of aromatic nitrogens is 3. The summed E-state index contributed by atoms with van der Waals surface area (Å²) < 4.78 is 7.13. The number of carbonyl (C=O) groups excluding carboxylic acids is 1. The molecule has 1 atom stereocenters. The van der Waals surface area contributed by atoms with Crippen LogP contribution in [0.3, 0.4) is 0 Å². The Morgan fingerprint density at radius 2 is 2.10 bits per heavy atom. The average molecular weight is 439 g/mol. The Kier molecular flexibility index (Phi) is 5.46. The van der Waals surface area contributed by atoms with Crippen LogP contribution < -0.4 is 5.43 Å². The number of nitrogens with one attached hydrogen (secondary N) is 1. The second-order valence-electron chi connectivity index (χ2n) is 6.56. The fourth-order valence-corrected chi connectivity index (χ4v) is 3.13. The standard InChI is InChI=1S/C20H15ClN6O4/c1-12(26-18-5-3-2-4-17(18)23-25-26)20(28)24-22-11-14-7-9-19(31-14)15-10-13(27(29)30)6-8-16(15)21/h2-12H,1H3,(H,24,28)/b22-11+. The minimum Gasteiger partial charge on any atom is -0.455 e. The summed E-state index contributed by atoms with van der Waals surface area (Å²) in [5, 5.41) is 23.3. The van der Waals surface area contributed by atoms with E-state index in [9.17, 15) is 14.9 Å². The van der Waals surface area contributed by atoms with Gasteiger partial charge in [0.2, 0.25) is 0 Å². The average Bonchev–Trinajstić information content (AvgIpc) is 3.40. The normalized spacial score (nSPS) is 12.3. The maximum atomic E-state index is 12.4. The molecule has 0 aliphatic rings. The van der Waals surface area contributed by atoms with Gasteiger partial charge in [-0.1, -0.05) is 28.9 Å². The number of rotatable bonds is 6. The van der Waals surface area contributed by atoms with Gasteiger partial charge in [0.25, 0.3) is 11.6 Å². The van der Waals surface area contributed by atoms with Gasteiger partial charge < -0.3 is 4.42 Å². The highest BCUT2D eigenvalue weighted by Gasteiger charge is 2.18. The van der Waals surface area contributed by atoms with Crippen molar-refractivity contribution >= 4 is 40.4 Å². The molecule has 0 aliphatic heterocycles. The number of hydrogen-bond acceptors (Lipinski definition) is 7. The fourth-order valence-electron chi connectivity index (χ4n) is 2.92. The fraction of sp³-hybridized carbons (Fsp3) is 0.100. The molecule has 1 amide bonds. The summed E-state index contributed by atoms with van der Waals surface area (Å²) in [4.78, 5) is 22.9. The minimum absolute atomic E-state index is 0.104. The van der Waals surface area contributed by atoms with Crippen LogP contribution >= 0.6 is 11.6 Å². The number of furan rings is 1. The Morgan fingerprint density at radius 1 is 1.29 bits per heavy atom. The first kappa shape index (κ1) is 20.2. The molecule has 0 aliphatic carbocycles. The van der Waals surface area contributed by atoms with Crippen LogP contribution in [-0.2, 0) is 4.79 Å². The molecule has 1 unspecified atom stereocenters. The topological polar surface area (TPSA) is 128 Å². The van der Waals surface area contributed by atoms with E-state index in [1.807, 2.05) is 24.3 Å². The van der Waals surface area contributed by atoms with Crippen molar-refractivity contribution in [3.05, 3.63) is 75.5 Å². The van der Waals surface area contributed by atoms with Crippen LogP contribution in [0.25, 0.3) is 22.4 Å². The number of nitrogens with zero attached hydrogens (tertiary/aromatic N) is 5. The first-order chi connectivity index (χ1) is 14.9. The smallest absolute Gasteiger partial charge is 0.270 e. The van der Waals surface area contributed by atoms with Crippen LogP contribution in [-0.4, -0.2) is 32.0 Å². The number of hydrazone groups is 1. The number of nitro benzene ring substituents is 1. The van der Waals surface area contributed by atoms with E-state index in [1.165, 1.54) is 29.1 Å². The number of hydrogen-bond donors (Lipinski definition) is 1. The Morgan fingerprint density at radius 3 is 2.90 bits per heavy atom. The van der Waals surface area contributed by atoms with Crippen LogP contribution in [0.4, 0.5) is 5.69 Å². The van der Waals surface area contributed by atoms with Crippen LogP contribution in [0, 0.1) is 10.1 Å². The minimum atomic E-state index is -0.639. The van der Waals surface area contributed by atoms with Gasteiger partial charge in [-0.05, 0) is 37.3 Å². The zero-order valence-electron chi connectivity index (χ0n) is 16.1. The van der Waals surface area contributed by atoms with Gasteiger partial charge in [0, 0.05) is 17.7 Å². The second-order valence-corrected chi connectivity index (χ2v) is 6.96. The lowest BCUT2D eigenvalue weighted by Gasteiger charge is -2.10. The predicted octanol–water partition coefficient (Wildman–Crippen LogP) is 3.96. The number of para-hydroxylation sites is 1. The van der Waals surface area contributed by atoms with Crippen molar-refractivity contribution in [2.24, 2.45) is 5.10 Å². The molecule has 4 rings (SSSR count). The number of carbonyl (C=O) groups is 1. The zero-order chi connectivity index (χ0) is 22.0. The van der Waals surface area contributed by atoms with Gasteiger partial charge in [0.15, 0.2) is 0 Å². The predicted molar refractivity (Wildman–Crippen MR) is 114 cm³/mol. The van der Waals surface area contributed by atoms with E-state index in [-0.39, 0.29) is 11.6 Å². The van der Waals surface area contributed by atoms with E-state index in [2.05, 4.69) is 20.8 Å². The third kappa shape index (κ3) is 4.14. The lowest BCUT2D eigenvalue weighted by molar-refractivity contribution is -0.384. The summed E-state index contributed by atoms with van der Waals surface area (Å²) in [6, 6.07) is 14.0. The van der Waals surface area contributed by atoms with Crippen LogP contribution in [0.2, 0.25) is 5.02 Å². The summed E-state index contributed by atoms with van der Waals surface area (Å²) in [6.45, 7) is 1.68. The molecule has 1 N–H and O–H groups in total. The van der Waals surface area contributed by atoms with E-state index in [0.717, 1.165) is 5.52 Å². The highest BCUT2D eigenvalue weighted by atomic mass is 35.5. The number of amides is 1. The molecule has 4 aromatic rings. The lowest BCUT2D eigenvalue weighted by atomic mass is 10.1. The first-order valence-electron chi connectivity index (χ1n) is 9.11. The van der Waals surface area contributed by atoms with Gasteiger partial charge in [-0.25, -0.2) is 10.1 Å². The maximum absolute atomic E-state index is 12.4. The van der Waals surface area contributed by atoms with Crippen molar-refractivity contribution in [2.75, 3.05) is 0 Å². The SMILES string of the molecule is CC(C(=O)N/N=C/c1ccc(-c2cc([N+](=O)[O-])ccc2Cl)o1)n1nnc2ccccc21. The Hall–Kier alpha value is -4.05. The van der Waals surface area contributed by atoms with Gasteiger partial charge in [-0.3, -0.25) is 14.9 Å². The van der Waals surface area contributed by atoms with E-state index in [0.29, 0.717) is 27.6 Å². The van der Waals surface area contributed by atoms with E-state index < -0.39 is 11.0 Å². The molecular weight excluding hydrogens is 424 g/mol. The molecule has 2 heterocycles. The molecule has 156 valence electrons. The Balaban J connectivity index is 1.45. The van der Waals surface area contributed by atoms with Crippen molar-refractivity contribution in [3.8, 4) is 11.3 Å². The molecule has 0 spiro atoms. The Labute approximate surface area is 180 Å². The van der Waals surface area contributed by atoms with Crippen LogP contribution in [0.5, 0.6) is 0 Å². The lowest BCUT2D eigenvalue weighted by Crippen LogP contribution is -2.28. The summed E-state index contributed by atoms with van der Waals surface area (Å²) in [6.07, 6.45) is 1.32. The monoisotopic (exact) mass is 438 g/mol. The van der Waals surface area contributed by atoms with Gasteiger partial charge in [-0.2, -0.15) is 5.10 Å².